The van der Waals surface area contributed by atoms with Crippen LogP contribution in [0.5, 0.6) is 0 Å². The maximum Gasteiger partial charge on any atom is 0.180 e. The SMILES string of the molecule is COC(COCCOC(C)N)OC. The van der Waals surface area contributed by atoms with Crippen LogP contribution >= 0.6 is 0 Å². The first-order valence-corrected chi connectivity index (χ1v) is 4.21. The van der Waals surface area contributed by atoms with Gasteiger partial charge in [0.25, 0.3) is 0 Å². The summed E-state index contributed by atoms with van der Waals surface area (Å²) in [6.07, 6.45) is -0.556. The predicted molar refractivity (Wildman–Crippen MR) is 48.2 cm³/mol. The van der Waals surface area contributed by atoms with Gasteiger partial charge in [-0.3, -0.25) is 0 Å². The van der Waals surface area contributed by atoms with E-state index in [9.17, 15) is 0 Å². The quantitative estimate of drug-likeness (QED) is 0.432. The Balaban J connectivity index is 3.14. The van der Waals surface area contributed by atoms with Crippen LogP contribution in [0.1, 0.15) is 6.92 Å². The second-order valence-electron chi connectivity index (χ2n) is 2.55. The van der Waals surface area contributed by atoms with E-state index in [4.69, 9.17) is 24.7 Å². The summed E-state index contributed by atoms with van der Waals surface area (Å²) in [5.41, 5.74) is 5.36. The van der Waals surface area contributed by atoms with E-state index in [0.717, 1.165) is 0 Å². The van der Waals surface area contributed by atoms with Gasteiger partial charge in [-0.2, -0.15) is 0 Å². The molecule has 0 aromatic carbocycles. The minimum absolute atomic E-state index is 0.246. The largest absolute Gasteiger partial charge is 0.374 e. The first-order valence-electron chi connectivity index (χ1n) is 4.21. The van der Waals surface area contributed by atoms with Crippen LogP contribution in [0.25, 0.3) is 0 Å². The molecule has 5 heteroatoms. The third-order valence-corrected chi connectivity index (χ3v) is 1.39. The molecule has 0 aliphatic rings. The van der Waals surface area contributed by atoms with Crippen molar-refractivity contribution < 1.29 is 18.9 Å². The summed E-state index contributed by atoms with van der Waals surface area (Å²) in [7, 11) is 3.13. The molecular formula is C8H19NO4. The Hall–Kier alpha value is -0.200. The maximum absolute atomic E-state index is 5.36. The Morgan fingerprint density at radius 1 is 1.15 bits per heavy atom. The molecule has 0 saturated heterocycles. The molecule has 0 spiro atoms. The highest BCUT2D eigenvalue weighted by Crippen LogP contribution is 1.91. The van der Waals surface area contributed by atoms with Gasteiger partial charge in [-0.15, -0.1) is 0 Å². The first-order chi connectivity index (χ1) is 6.20. The van der Waals surface area contributed by atoms with Gasteiger partial charge in [-0.05, 0) is 6.92 Å². The van der Waals surface area contributed by atoms with E-state index in [1.54, 1.807) is 21.1 Å². The van der Waals surface area contributed by atoms with Crippen molar-refractivity contribution in [3.63, 3.8) is 0 Å². The van der Waals surface area contributed by atoms with Crippen molar-refractivity contribution in [2.75, 3.05) is 34.0 Å². The zero-order valence-corrected chi connectivity index (χ0v) is 8.49. The van der Waals surface area contributed by atoms with E-state index >= 15 is 0 Å². The van der Waals surface area contributed by atoms with Crippen LogP contribution < -0.4 is 5.73 Å². The molecular weight excluding hydrogens is 174 g/mol. The molecule has 0 saturated carbocycles. The molecule has 2 N–H and O–H groups in total. The standard InChI is InChI=1S/C8H19NO4/c1-7(9)13-5-4-12-6-8(10-2)11-3/h7-8H,4-6,9H2,1-3H3. The fourth-order valence-corrected chi connectivity index (χ4v) is 0.705. The third kappa shape index (κ3) is 8.14. The molecule has 1 unspecified atom stereocenters. The molecule has 0 fully saturated rings. The minimum Gasteiger partial charge on any atom is -0.374 e. The molecule has 1 atom stereocenters. The number of hydrogen-bond acceptors (Lipinski definition) is 5. The summed E-state index contributed by atoms with van der Waals surface area (Å²) in [6.45, 7) is 3.14. The normalized spacial score (nSPS) is 13.6. The third-order valence-electron chi connectivity index (χ3n) is 1.39. The molecule has 0 heterocycles. The van der Waals surface area contributed by atoms with Crippen LogP contribution in [0.15, 0.2) is 0 Å². The smallest absolute Gasteiger partial charge is 0.180 e. The highest BCUT2D eigenvalue weighted by atomic mass is 16.7. The zero-order chi connectivity index (χ0) is 10.1. The minimum atomic E-state index is -0.310. The van der Waals surface area contributed by atoms with Crippen molar-refractivity contribution >= 4 is 0 Å². The highest BCUT2D eigenvalue weighted by Gasteiger charge is 2.03. The molecule has 5 nitrogen and oxygen atoms in total. The predicted octanol–water partition coefficient (Wildman–Crippen LogP) is -0.0568. The molecule has 0 bridgehead atoms. The van der Waals surface area contributed by atoms with Gasteiger partial charge in [0.1, 0.15) is 6.23 Å². The maximum atomic E-state index is 5.36. The lowest BCUT2D eigenvalue weighted by Crippen LogP contribution is -2.24. The number of ether oxygens (including phenoxy) is 4. The van der Waals surface area contributed by atoms with Crippen LogP contribution in [0.4, 0.5) is 0 Å². The van der Waals surface area contributed by atoms with E-state index in [1.165, 1.54) is 0 Å². The number of nitrogens with two attached hydrogens (primary N) is 1. The molecule has 0 rings (SSSR count). The first kappa shape index (κ1) is 12.8. The summed E-state index contributed by atoms with van der Waals surface area (Å²) in [5, 5.41) is 0. The van der Waals surface area contributed by atoms with Crippen molar-refractivity contribution in [3.8, 4) is 0 Å². The average Bonchev–Trinajstić information content (AvgIpc) is 2.11. The lowest BCUT2D eigenvalue weighted by molar-refractivity contribution is -0.144. The van der Waals surface area contributed by atoms with Crippen molar-refractivity contribution in [3.05, 3.63) is 0 Å². The van der Waals surface area contributed by atoms with Crippen LogP contribution in [0, 0.1) is 0 Å². The van der Waals surface area contributed by atoms with Crippen molar-refractivity contribution in [2.45, 2.75) is 19.4 Å². The number of hydrogen-bond donors (Lipinski definition) is 1. The van der Waals surface area contributed by atoms with Crippen molar-refractivity contribution in [1.82, 2.24) is 0 Å². The summed E-state index contributed by atoms with van der Waals surface area (Å²) >= 11 is 0. The van der Waals surface area contributed by atoms with Gasteiger partial charge >= 0.3 is 0 Å². The lowest BCUT2D eigenvalue weighted by atomic mass is 10.6. The molecule has 0 aromatic heterocycles. The van der Waals surface area contributed by atoms with Gasteiger partial charge in [-0.1, -0.05) is 0 Å². The summed E-state index contributed by atoms with van der Waals surface area (Å²) < 4.78 is 20.1. The summed E-state index contributed by atoms with van der Waals surface area (Å²) in [4.78, 5) is 0. The van der Waals surface area contributed by atoms with Crippen molar-refractivity contribution in [1.29, 1.82) is 0 Å². The second-order valence-corrected chi connectivity index (χ2v) is 2.55. The molecule has 0 radical (unpaired) electrons. The fraction of sp³-hybridized carbons (Fsp3) is 1.00. The fourth-order valence-electron chi connectivity index (χ4n) is 0.705. The molecule has 0 aliphatic heterocycles. The number of rotatable bonds is 8. The molecule has 0 aliphatic carbocycles. The Labute approximate surface area is 79.1 Å². The van der Waals surface area contributed by atoms with E-state index in [-0.39, 0.29) is 12.5 Å². The van der Waals surface area contributed by atoms with Crippen LogP contribution in [-0.2, 0) is 18.9 Å². The van der Waals surface area contributed by atoms with Crippen LogP contribution in [-0.4, -0.2) is 46.6 Å². The van der Waals surface area contributed by atoms with Gasteiger partial charge in [-0.25, -0.2) is 0 Å². The van der Waals surface area contributed by atoms with E-state index < -0.39 is 0 Å². The molecule has 0 aromatic rings. The summed E-state index contributed by atoms with van der Waals surface area (Å²) in [5.74, 6) is 0. The van der Waals surface area contributed by atoms with E-state index in [0.29, 0.717) is 19.8 Å². The van der Waals surface area contributed by atoms with Crippen molar-refractivity contribution in [2.24, 2.45) is 5.73 Å². The summed E-state index contributed by atoms with van der Waals surface area (Å²) in [6, 6.07) is 0. The molecule has 80 valence electrons. The van der Waals surface area contributed by atoms with Gasteiger partial charge in [0.2, 0.25) is 0 Å². The van der Waals surface area contributed by atoms with E-state index in [1.807, 2.05) is 0 Å². The van der Waals surface area contributed by atoms with Gasteiger partial charge in [0.15, 0.2) is 6.29 Å². The van der Waals surface area contributed by atoms with Gasteiger partial charge < -0.3 is 24.7 Å². The molecule has 13 heavy (non-hydrogen) atoms. The van der Waals surface area contributed by atoms with E-state index in [2.05, 4.69) is 0 Å². The van der Waals surface area contributed by atoms with Gasteiger partial charge in [0, 0.05) is 14.2 Å². The lowest BCUT2D eigenvalue weighted by Gasteiger charge is -2.13. The highest BCUT2D eigenvalue weighted by molar-refractivity contribution is 4.39. The second kappa shape index (κ2) is 8.40. The Morgan fingerprint density at radius 3 is 2.23 bits per heavy atom. The molecule has 0 amide bonds. The van der Waals surface area contributed by atoms with Gasteiger partial charge in [0.05, 0.1) is 19.8 Å². The Kier molecular flexibility index (Phi) is 8.27. The van der Waals surface area contributed by atoms with Crippen LogP contribution in [0.2, 0.25) is 0 Å². The Morgan fingerprint density at radius 2 is 1.77 bits per heavy atom. The average molecular weight is 193 g/mol. The zero-order valence-electron chi connectivity index (χ0n) is 8.49. The number of methoxy groups -OCH3 is 2. The Bertz CT molecular complexity index is 106. The topological polar surface area (TPSA) is 62.9 Å². The monoisotopic (exact) mass is 193 g/mol. The van der Waals surface area contributed by atoms with Crippen LogP contribution in [0.3, 0.4) is 0 Å².